The zero-order valence-corrected chi connectivity index (χ0v) is 6.29. The van der Waals surface area contributed by atoms with E-state index in [4.69, 9.17) is 9.66 Å². The Hall–Kier alpha value is -0.870. The van der Waals surface area contributed by atoms with Gasteiger partial charge in [0.05, 0.1) is 0 Å². The number of carboxylic acid groups (broad SMARTS) is 1. The third-order valence-corrected chi connectivity index (χ3v) is 3.05. The highest BCUT2D eigenvalue weighted by Gasteiger charge is 2.31. The predicted molar refractivity (Wildman–Crippen MR) is 29.6 cm³/mol. The van der Waals surface area contributed by atoms with Crippen molar-refractivity contribution in [1.82, 2.24) is 0 Å². The van der Waals surface area contributed by atoms with Gasteiger partial charge in [-0.15, -0.1) is 0 Å². The molecule has 0 rings (SSSR count). The Balaban J connectivity index is 4.96. The van der Waals surface area contributed by atoms with Crippen LogP contribution in [0, 0.1) is 0 Å². The van der Waals surface area contributed by atoms with E-state index in [1.54, 1.807) is 0 Å². The molecule has 0 aromatic rings. The number of rotatable bonds is 2. The Morgan fingerprint density at radius 1 is 1.18 bits per heavy atom. The summed E-state index contributed by atoms with van der Waals surface area (Å²) in [4.78, 5) is 9.48. The topological polar surface area (TPSA) is 135 Å². The van der Waals surface area contributed by atoms with Crippen molar-refractivity contribution in [1.29, 1.82) is 0 Å². The van der Waals surface area contributed by atoms with Gasteiger partial charge in [0, 0.05) is 0 Å². The molecule has 0 aliphatic carbocycles. The van der Waals surface area contributed by atoms with E-state index in [-0.39, 0.29) is 0 Å². The second-order valence-corrected chi connectivity index (χ2v) is 5.51. The van der Waals surface area contributed by atoms with Crippen LogP contribution in [0.3, 0.4) is 0 Å². The van der Waals surface area contributed by atoms with Crippen molar-refractivity contribution in [3.8, 4) is 0 Å². The Kier molecular flexibility index (Phi) is 2.43. The molecule has 0 aliphatic rings. The first-order valence-electron chi connectivity index (χ1n) is 1.81. The van der Waals surface area contributed by atoms with Crippen LogP contribution in [-0.4, -0.2) is 32.7 Å². The Morgan fingerprint density at radius 3 is 1.64 bits per heavy atom. The van der Waals surface area contributed by atoms with Crippen LogP contribution in [0.5, 0.6) is 0 Å². The zero-order chi connectivity index (χ0) is 9.28. The zero-order valence-electron chi connectivity index (χ0n) is 4.66. The van der Waals surface area contributed by atoms with Crippen LogP contribution in [0.4, 0.5) is 4.79 Å². The smallest absolute Gasteiger partial charge is 0.449 e. The lowest BCUT2D eigenvalue weighted by Crippen LogP contribution is -2.19. The minimum Gasteiger partial charge on any atom is -0.449 e. The molecular weight excluding hydrogens is 204 g/mol. The SMILES string of the molecule is O=C(O)OS(=O)(=O)S(=O)(=O)O. The molecule has 0 aliphatic heterocycles. The van der Waals surface area contributed by atoms with Crippen molar-refractivity contribution in [2.45, 2.75) is 0 Å². The van der Waals surface area contributed by atoms with Gasteiger partial charge in [-0.2, -0.15) is 16.8 Å². The standard InChI is InChI=1S/CH2O8S2/c2-1(3)9-11(7,8)10(4,5)6/h(H,2,3)(H,4,5,6). The fourth-order valence-electron chi connectivity index (χ4n) is 0.130. The van der Waals surface area contributed by atoms with Crippen molar-refractivity contribution in [2.75, 3.05) is 0 Å². The van der Waals surface area contributed by atoms with Gasteiger partial charge in [-0.05, 0) is 0 Å². The lowest BCUT2D eigenvalue weighted by atomic mass is 11.5. The summed E-state index contributed by atoms with van der Waals surface area (Å²) in [5.41, 5.74) is 0. The molecule has 0 atom stereocenters. The molecule has 0 bridgehead atoms. The molecule has 10 heteroatoms. The van der Waals surface area contributed by atoms with Crippen LogP contribution in [0.15, 0.2) is 0 Å². The van der Waals surface area contributed by atoms with Gasteiger partial charge in [-0.3, -0.25) is 8.74 Å². The van der Waals surface area contributed by atoms with E-state index in [0.29, 0.717) is 0 Å². The van der Waals surface area contributed by atoms with E-state index in [2.05, 4.69) is 4.18 Å². The van der Waals surface area contributed by atoms with Gasteiger partial charge in [-0.1, -0.05) is 0 Å². The van der Waals surface area contributed by atoms with Gasteiger partial charge in [0.2, 0.25) is 0 Å². The first-order valence-corrected chi connectivity index (χ1v) is 5.18. The molecule has 0 fully saturated rings. The van der Waals surface area contributed by atoms with Crippen molar-refractivity contribution < 1.29 is 35.5 Å². The molecule has 66 valence electrons. The van der Waals surface area contributed by atoms with Gasteiger partial charge >= 0.3 is 24.5 Å². The lowest BCUT2D eigenvalue weighted by molar-refractivity contribution is 0.148. The van der Waals surface area contributed by atoms with E-state index in [9.17, 15) is 21.6 Å². The molecule has 0 saturated heterocycles. The summed E-state index contributed by atoms with van der Waals surface area (Å²) >= 11 is 0. The molecule has 2 N–H and O–H groups in total. The normalized spacial score (nSPS) is 12.5. The summed E-state index contributed by atoms with van der Waals surface area (Å²) in [6.07, 6.45) is -2.34. The summed E-state index contributed by atoms with van der Waals surface area (Å²) in [7, 11) is -11.0. The molecule has 0 aromatic carbocycles. The summed E-state index contributed by atoms with van der Waals surface area (Å²) < 4.78 is 50.2. The second kappa shape index (κ2) is 2.64. The average molecular weight is 206 g/mol. The molecule has 0 unspecified atom stereocenters. The number of carbonyl (C=O) groups is 1. The second-order valence-electron chi connectivity index (χ2n) is 1.19. The third kappa shape index (κ3) is 2.69. The van der Waals surface area contributed by atoms with Crippen molar-refractivity contribution >= 4 is 24.5 Å². The van der Waals surface area contributed by atoms with Gasteiger partial charge < -0.3 is 5.11 Å². The minimum absolute atomic E-state index is 2.34. The van der Waals surface area contributed by atoms with Crippen molar-refractivity contribution in [3.05, 3.63) is 0 Å². The van der Waals surface area contributed by atoms with Crippen molar-refractivity contribution in [2.24, 2.45) is 0 Å². The summed E-state index contributed by atoms with van der Waals surface area (Å²) in [6.45, 7) is 0. The molecule has 8 nitrogen and oxygen atoms in total. The largest absolute Gasteiger partial charge is 0.522 e. The van der Waals surface area contributed by atoms with Gasteiger partial charge in [0.1, 0.15) is 0 Å². The molecule has 0 heterocycles. The van der Waals surface area contributed by atoms with Crippen LogP contribution < -0.4 is 0 Å². The minimum atomic E-state index is -5.53. The van der Waals surface area contributed by atoms with E-state index < -0.39 is 24.5 Å². The monoisotopic (exact) mass is 206 g/mol. The first-order chi connectivity index (χ1) is 4.67. The Morgan fingerprint density at radius 2 is 1.55 bits per heavy atom. The van der Waals surface area contributed by atoms with Crippen LogP contribution in [0.2, 0.25) is 0 Å². The lowest BCUT2D eigenvalue weighted by Gasteiger charge is -1.95. The maximum absolute atomic E-state index is 10.0. The van der Waals surface area contributed by atoms with E-state index >= 15 is 0 Å². The fourth-order valence-corrected chi connectivity index (χ4v) is 0.823. The first kappa shape index (κ1) is 10.1. The molecule has 0 amide bonds. The number of hydrogen-bond donors (Lipinski definition) is 2. The molecule has 0 aromatic heterocycles. The molecule has 11 heavy (non-hydrogen) atoms. The van der Waals surface area contributed by atoms with Crippen LogP contribution in [0.25, 0.3) is 0 Å². The molecular formula is CH2O8S2. The quantitative estimate of drug-likeness (QED) is 0.425. The van der Waals surface area contributed by atoms with Gasteiger partial charge in [0.25, 0.3) is 0 Å². The third-order valence-electron chi connectivity index (χ3n) is 0.431. The molecule has 0 radical (unpaired) electrons. The highest BCUT2D eigenvalue weighted by molar-refractivity contribution is 8.63. The number of hydrogen-bond acceptors (Lipinski definition) is 6. The average Bonchev–Trinajstić information content (AvgIpc) is 1.56. The maximum atomic E-state index is 10.0. The van der Waals surface area contributed by atoms with Crippen molar-refractivity contribution in [3.63, 3.8) is 0 Å². The Labute approximate surface area is 60.7 Å². The van der Waals surface area contributed by atoms with E-state index in [1.807, 2.05) is 0 Å². The summed E-state index contributed by atoms with van der Waals surface area (Å²) in [5.74, 6) is 0. The predicted octanol–water partition coefficient (Wildman–Crippen LogP) is -1.19. The fraction of sp³-hybridized carbons (Fsp3) is 0. The van der Waals surface area contributed by atoms with Gasteiger partial charge in [0.15, 0.2) is 0 Å². The molecule has 0 saturated carbocycles. The highest BCUT2D eigenvalue weighted by Crippen LogP contribution is 2.01. The Bertz CT molecular complexity index is 342. The molecule has 0 spiro atoms. The van der Waals surface area contributed by atoms with Crippen LogP contribution >= 0.6 is 0 Å². The van der Waals surface area contributed by atoms with Gasteiger partial charge in [-0.25, -0.2) is 4.79 Å². The van der Waals surface area contributed by atoms with E-state index in [0.717, 1.165) is 0 Å². The van der Waals surface area contributed by atoms with E-state index in [1.165, 1.54) is 0 Å². The van der Waals surface area contributed by atoms with Crippen LogP contribution in [0.1, 0.15) is 0 Å². The maximum Gasteiger partial charge on any atom is 0.522 e. The summed E-state index contributed by atoms with van der Waals surface area (Å²) in [6, 6.07) is 0. The highest BCUT2D eigenvalue weighted by atomic mass is 33.2. The van der Waals surface area contributed by atoms with Crippen LogP contribution in [-0.2, 0) is 22.5 Å². The summed E-state index contributed by atoms with van der Waals surface area (Å²) in [5, 5.41) is 7.64.